The number of alkyl halides is 1. The van der Waals surface area contributed by atoms with Gasteiger partial charge in [-0.2, -0.15) is 0 Å². The zero-order valence-electron chi connectivity index (χ0n) is 17.5. The van der Waals surface area contributed by atoms with E-state index in [1.165, 1.54) is 0 Å². The molecule has 3 atom stereocenters. The van der Waals surface area contributed by atoms with Crippen molar-refractivity contribution in [1.29, 1.82) is 0 Å². The van der Waals surface area contributed by atoms with Crippen molar-refractivity contribution >= 4 is 34.2 Å². The van der Waals surface area contributed by atoms with E-state index in [1.54, 1.807) is 7.85 Å². The number of halogens is 1. The molecule has 7 heteroatoms. The van der Waals surface area contributed by atoms with Crippen LogP contribution in [-0.2, 0) is 9.47 Å². The molecule has 0 rings (SSSR count). The molecule has 0 aliphatic carbocycles. The van der Waals surface area contributed by atoms with Crippen molar-refractivity contribution in [3.8, 4) is 0 Å². The fraction of sp³-hybridized carbons (Fsp3) is 1.00. The summed E-state index contributed by atoms with van der Waals surface area (Å²) in [6.07, 6.45) is 0.769. The summed E-state index contributed by atoms with van der Waals surface area (Å²) in [5, 5.41) is 0. The Labute approximate surface area is 156 Å². The summed E-state index contributed by atoms with van der Waals surface area (Å²) in [5.74, 6) is -0.0654. The van der Waals surface area contributed by atoms with Gasteiger partial charge in [0.25, 0.3) is 0 Å². The molecule has 0 spiro atoms. The molecule has 3 unspecified atom stereocenters. The fourth-order valence-corrected chi connectivity index (χ4v) is 3.32. The molecule has 2 nitrogen and oxygen atoms in total. The third-order valence-electron chi connectivity index (χ3n) is 5.09. The van der Waals surface area contributed by atoms with Gasteiger partial charge in [0.15, 0.2) is 7.85 Å². The molecule has 0 radical (unpaired) electrons. The van der Waals surface area contributed by atoms with Crippen molar-refractivity contribution in [2.24, 2.45) is 11.3 Å². The van der Waals surface area contributed by atoms with Gasteiger partial charge in [-0.05, 0) is 45.4 Å². The molecule has 0 N–H and O–H groups in total. The van der Waals surface area contributed by atoms with Crippen LogP contribution in [0.15, 0.2) is 0 Å². The normalized spacial score (nSPS) is 17.2. The van der Waals surface area contributed by atoms with E-state index in [2.05, 4.69) is 32.3 Å². The Bertz CT molecular complexity index is 406. The van der Waals surface area contributed by atoms with E-state index in [4.69, 9.17) is 9.47 Å². The standard InChI is InChI=1S/C17H39B2FO2P2/c1-12(2)16(19,20)17(23,24)13(3,4)9-10-21-14(5,6)11-22-15(7,8)18/h12H,9-11,18-19,23-24H2,1-8H3. The smallest absolute Gasteiger partial charge is 0.152 e. The Morgan fingerprint density at radius 1 is 0.958 bits per heavy atom. The van der Waals surface area contributed by atoms with E-state index in [0.29, 0.717) is 13.2 Å². The topological polar surface area (TPSA) is 18.5 Å². The Kier molecular flexibility index (Phi) is 8.53. The van der Waals surface area contributed by atoms with Crippen molar-refractivity contribution in [3.63, 3.8) is 0 Å². The number of hydrogen-bond acceptors (Lipinski definition) is 2. The van der Waals surface area contributed by atoms with Crippen molar-refractivity contribution in [2.75, 3.05) is 13.2 Å². The summed E-state index contributed by atoms with van der Waals surface area (Å²) in [6.45, 7) is 17.3. The van der Waals surface area contributed by atoms with Crippen LogP contribution in [-0.4, -0.2) is 50.5 Å². The van der Waals surface area contributed by atoms with Gasteiger partial charge in [0.1, 0.15) is 7.85 Å². The molecule has 0 fully saturated rings. The van der Waals surface area contributed by atoms with Crippen molar-refractivity contribution < 1.29 is 13.9 Å². The zero-order chi connectivity index (χ0) is 19.6. The maximum absolute atomic E-state index is 15.3. The summed E-state index contributed by atoms with van der Waals surface area (Å²) in [5.41, 5.74) is -2.10. The van der Waals surface area contributed by atoms with Gasteiger partial charge in [-0.3, -0.25) is 4.39 Å². The van der Waals surface area contributed by atoms with Gasteiger partial charge in [0.2, 0.25) is 0 Å². The molecule has 0 aliphatic rings. The summed E-state index contributed by atoms with van der Waals surface area (Å²) < 4.78 is 27.2. The maximum atomic E-state index is 15.3. The van der Waals surface area contributed by atoms with Crippen molar-refractivity contribution in [2.45, 2.75) is 83.4 Å². The molecular formula is C17H39B2FO2P2. The van der Waals surface area contributed by atoms with Gasteiger partial charge in [-0.25, -0.2) is 0 Å². The third kappa shape index (κ3) is 6.86. The first-order chi connectivity index (χ1) is 10.4. The van der Waals surface area contributed by atoms with Crippen LogP contribution < -0.4 is 0 Å². The first-order valence-electron chi connectivity index (χ1n) is 8.90. The molecule has 0 bridgehead atoms. The average molecular weight is 378 g/mol. The fourth-order valence-electron chi connectivity index (χ4n) is 2.36. The molecular weight excluding hydrogens is 339 g/mol. The first kappa shape index (κ1) is 24.8. The summed E-state index contributed by atoms with van der Waals surface area (Å²) in [4.78, 5) is -0.621. The predicted octanol–water partition coefficient (Wildman–Crippen LogP) is 2.99. The van der Waals surface area contributed by atoms with Gasteiger partial charge >= 0.3 is 0 Å². The lowest BCUT2D eigenvalue weighted by molar-refractivity contribution is -0.103. The van der Waals surface area contributed by atoms with E-state index < -0.39 is 10.5 Å². The molecule has 0 aromatic heterocycles. The highest BCUT2D eigenvalue weighted by Crippen LogP contribution is 2.56. The molecule has 0 aromatic carbocycles. The SMILES string of the molecule is BC(C)(C)OCC(C)(C)OCCC(C)(C)C(P)(P)C(B)(F)C(C)C. The Morgan fingerprint density at radius 2 is 1.42 bits per heavy atom. The molecule has 0 saturated carbocycles. The summed E-state index contributed by atoms with van der Waals surface area (Å²) in [7, 11) is 9.23. The predicted molar refractivity (Wildman–Crippen MR) is 116 cm³/mol. The minimum absolute atomic E-state index is 0.0654. The Morgan fingerprint density at radius 3 is 1.79 bits per heavy atom. The first-order valence-corrected chi connectivity index (χ1v) is 10.1. The van der Waals surface area contributed by atoms with Gasteiger partial charge in [0, 0.05) is 17.0 Å². The van der Waals surface area contributed by atoms with Crippen LogP contribution >= 0.6 is 18.5 Å². The highest BCUT2D eigenvalue weighted by atomic mass is 31.1. The second-order valence-corrected chi connectivity index (χ2v) is 12.2. The van der Waals surface area contributed by atoms with Crippen molar-refractivity contribution in [1.82, 2.24) is 0 Å². The Hall–Kier alpha value is 0.840. The summed E-state index contributed by atoms with van der Waals surface area (Å²) in [6, 6.07) is 0. The van der Waals surface area contributed by atoms with Crippen LogP contribution in [0.1, 0.15) is 61.8 Å². The van der Waals surface area contributed by atoms with E-state index in [0.717, 1.165) is 6.42 Å². The lowest BCUT2D eigenvalue weighted by atomic mass is 9.64. The third-order valence-corrected chi connectivity index (χ3v) is 7.78. The maximum Gasteiger partial charge on any atom is 0.152 e. The van der Waals surface area contributed by atoms with Crippen LogP contribution in [0.25, 0.3) is 0 Å². The second kappa shape index (κ2) is 8.24. The van der Waals surface area contributed by atoms with E-state index in [9.17, 15) is 0 Å². The highest BCUT2D eigenvalue weighted by Gasteiger charge is 2.52. The van der Waals surface area contributed by atoms with Crippen LogP contribution in [0.3, 0.4) is 0 Å². The molecule has 0 aliphatic heterocycles. The van der Waals surface area contributed by atoms with Gasteiger partial charge in [-0.15, -0.1) is 18.5 Å². The monoisotopic (exact) mass is 378 g/mol. The average Bonchev–Trinajstić information content (AvgIpc) is 2.34. The van der Waals surface area contributed by atoms with Gasteiger partial charge in [0.05, 0.1) is 17.8 Å². The zero-order valence-corrected chi connectivity index (χ0v) is 19.9. The molecule has 0 saturated heterocycles. The lowest BCUT2D eigenvalue weighted by Gasteiger charge is -2.51. The van der Waals surface area contributed by atoms with E-state index in [-0.39, 0.29) is 22.4 Å². The number of rotatable bonds is 10. The highest BCUT2D eigenvalue weighted by molar-refractivity contribution is 7.40. The molecule has 0 aromatic rings. The van der Waals surface area contributed by atoms with Crippen LogP contribution in [0.4, 0.5) is 4.39 Å². The number of ether oxygens (including phenoxy) is 2. The van der Waals surface area contributed by atoms with Crippen LogP contribution in [0, 0.1) is 11.3 Å². The minimum atomic E-state index is -1.31. The molecule has 142 valence electrons. The minimum Gasteiger partial charge on any atom is -0.382 e. The summed E-state index contributed by atoms with van der Waals surface area (Å²) >= 11 is 0. The lowest BCUT2D eigenvalue weighted by Crippen LogP contribution is -2.55. The Balaban J connectivity index is 4.79. The van der Waals surface area contributed by atoms with Crippen molar-refractivity contribution in [3.05, 3.63) is 0 Å². The van der Waals surface area contributed by atoms with E-state index in [1.807, 2.05) is 49.4 Å². The molecule has 24 heavy (non-hydrogen) atoms. The van der Waals surface area contributed by atoms with Gasteiger partial charge < -0.3 is 9.47 Å². The quantitative estimate of drug-likeness (QED) is 0.430. The second-order valence-electron chi connectivity index (χ2n) is 9.74. The van der Waals surface area contributed by atoms with Crippen LogP contribution in [0.5, 0.6) is 0 Å². The van der Waals surface area contributed by atoms with E-state index >= 15 is 4.39 Å². The van der Waals surface area contributed by atoms with Crippen LogP contribution in [0.2, 0.25) is 0 Å². The van der Waals surface area contributed by atoms with Gasteiger partial charge in [-0.1, -0.05) is 27.7 Å². The molecule has 0 amide bonds. The molecule has 0 heterocycles. The number of hydrogen-bond donors (Lipinski definition) is 0. The largest absolute Gasteiger partial charge is 0.382 e.